The Morgan fingerprint density at radius 3 is 2.54 bits per heavy atom. The Bertz CT molecular complexity index is 1270. The first kappa shape index (κ1) is 25.3. The van der Waals surface area contributed by atoms with E-state index < -0.39 is 5.97 Å². The molecule has 5 rings (SSSR count). The fourth-order valence-corrected chi connectivity index (χ4v) is 5.94. The number of carboxylic acids is 1. The van der Waals surface area contributed by atoms with Gasteiger partial charge in [-0.25, -0.2) is 4.39 Å². The number of carboxylic acid groups (broad SMARTS) is 1. The Morgan fingerprint density at radius 2 is 1.84 bits per heavy atom. The number of halogens is 1. The van der Waals surface area contributed by atoms with Gasteiger partial charge in [0.25, 0.3) is 0 Å². The van der Waals surface area contributed by atoms with Crippen molar-refractivity contribution in [3.8, 4) is 22.6 Å². The topological polar surface area (TPSA) is 55.8 Å². The second-order valence-corrected chi connectivity index (χ2v) is 10.7. The van der Waals surface area contributed by atoms with Crippen LogP contribution < -0.4 is 9.47 Å². The van der Waals surface area contributed by atoms with E-state index in [9.17, 15) is 14.3 Å². The van der Waals surface area contributed by atoms with E-state index in [2.05, 4.69) is 13.0 Å². The quantitative estimate of drug-likeness (QED) is 0.306. The van der Waals surface area contributed by atoms with Gasteiger partial charge in [-0.3, -0.25) is 4.79 Å². The molecule has 0 aromatic heterocycles. The number of aliphatic carboxylic acids is 1. The van der Waals surface area contributed by atoms with E-state index in [4.69, 9.17) is 9.47 Å². The first-order valence-corrected chi connectivity index (χ1v) is 13.3. The van der Waals surface area contributed by atoms with E-state index in [0.717, 1.165) is 41.7 Å². The maximum absolute atomic E-state index is 15.0. The van der Waals surface area contributed by atoms with Crippen LogP contribution in [0.5, 0.6) is 11.5 Å². The lowest BCUT2D eigenvalue weighted by Crippen LogP contribution is -2.09. The Morgan fingerprint density at radius 1 is 1.00 bits per heavy atom. The molecule has 4 nitrogen and oxygen atoms in total. The average molecular weight is 503 g/mol. The molecule has 3 aromatic carbocycles. The van der Waals surface area contributed by atoms with Crippen LogP contribution in [0.15, 0.2) is 60.7 Å². The number of ether oxygens (including phenoxy) is 2. The van der Waals surface area contributed by atoms with Gasteiger partial charge in [0.15, 0.2) is 0 Å². The molecule has 2 saturated carbocycles. The molecular formula is C32H35FO4. The summed E-state index contributed by atoms with van der Waals surface area (Å²) in [5.74, 6) is 1.77. The standard InChI is InChI=1S/C32H35FO4/c1-20-5-3-8-26(20)29-15-21(9-13-27(29)30-17-24(36-2)12-14-31(30)33)19-37-25-7-4-6-23(16-25)28(18-32(34)35)22-10-11-22/h4,6-7,9,12-17,20,22,26,28H,3,5,8,10-11,18-19H2,1-2H3,(H,34,35)/t20-,26+,28-/m0/s1. The Labute approximate surface area is 218 Å². The van der Waals surface area contributed by atoms with Gasteiger partial charge in [0.1, 0.15) is 23.9 Å². The fraction of sp³-hybridized carbons (Fsp3) is 0.406. The van der Waals surface area contributed by atoms with Gasteiger partial charge < -0.3 is 14.6 Å². The normalized spacial score (nSPS) is 20.0. The van der Waals surface area contributed by atoms with Crippen molar-refractivity contribution in [2.45, 2.75) is 63.9 Å². The van der Waals surface area contributed by atoms with Crippen molar-refractivity contribution in [2.24, 2.45) is 11.8 Å². The van der Waals surface area contributed by atoms with Gasteiger partial charge in [0.05, 0.1) is 13.5 Å². The molecule has 2 aliphatic carbocycles. The maximum Gasteiger partial charge on any atom is 0.303 e. The van der Waals surface area contributed by atoms with E-state index in [1.807, 2.05) is 36.4 Å². The summed E-state index contributed by atoms with van der Waals surface area (Å²) in [5.41, 5.74) is 4.73. The Balaban J connectivity index is 1.41. The predicted octanol–water partition coefficient (Wildman–Crippen LogP) is 7.95. The molecule has 0 unspecified atom stereocenters. The van der Waals surface area contributed by atoms with Crippen LogP contribution >= 0.6 is 0 Å². The summed E-state index contributed by atoms with van der Waals surface area (Å²) in [6, 6.07) is 19.0. The van der Waals surface area contributed by atoms with Crippen LogP contribution in [0, 0.1) is 17.7 Å². The van der Waals surface area contributed by atoms with Crippen molar-refractivity contribution < 1.29 is 23.8 Å². The van der Waals surface area contributed by atoms with Crippen molar-refractivity contribution in [2.75, 3.05) is 7.11 Å². The van der Waals surface area contributed by atoms with Gasteiger partial charge in [0.2, 0.25) is 0 Å². The minimum absolute atomic E-state index is 0.0357. The van der Waals surface area contributed by atoms with Crippen LogP contribution in [0.1, 0.15) is 74.0 Å². The third kappa shape index (κ3) is 5.82. The summed E-state index contributed by atoms with van der Waals surface area (Å²) in [6.45, 7) is 2.68. The van der Waals surface area contributed by atoms with Crippen LogP contribution in [0.25, 0.3) is 11.1 Å². The van der Waals surface area contributed by atoms with Crippen molar-refractivity contribution in [3.05, 3.63) is 83.2 Å². The van der Waals surface area contributed by atoms with E-state index in [1.165, 1.54) is 24.5 Å². The smallest absolute Gasteiger partial charge is 0.303 e. The van der Waals surface area contributed by atoms with E-state index in [-0.39, 0.29) is 18.2 Å². The molecule has 2 fully saturated rings. The second-order valence-electron chi connectivity index (χ2n) is 10.7. The number of hydrogen-bond acceptors (Lipinski definition) is 3. The van der Waals surface area contributed by atoms with Gasteiger partial charge in [-0.15, -0.1) is 0 Å². The highest BCUT2D eigenvalue weighted by molar-refractivity contribution is 5.71. The molecule has 0 heterocycles. The molecule has 0 radical (unpaired) electrons. The van der Waals surface area contributed by atoms with Gasteiger partial charge in [0, 0.05) is 5.56 Å². The van der Waals surface area contributed by atoms with Crippen molar-refractivity contribution in [1.82, 2.24) is 0 Å². The third-order valence-corrected chi connectivity index (χ3v) is 8.12. The summed E-state index contributed by atoms with van der Waals surface area (Å²) >= 11 is 0. The third-order valence-electron chi connectivity index (χ3n) is 8.12. The van der Waals surface area contributed by atoms with E-state index >= 15 is 0 Å². The van der Waals surface area contributed by atoms with E-state index in [1.54, 1.807) is 19.2 Å². The van der Waals surface area contributed by atoms with Crippen LogP contribution in [0.3, 0.4) is 0 Å². The lowest BCUT2D eigenvalue weighted by molar-refractivity contribution is -0.137. The Kier molecular flexibility index (Phi) is 7.50. The molecule has 1 N–H and O–H groups in total. The monoisotopic (exact) mass is 502 g/mol. The minimum atomic E-state index is -0.760. The SMILES string of the molecule is COc1ccc(F)c(-c2ccc(COc3cccc([C@@H](CC(=O)O)C4CC4)c3)cc2[C@@H]2CCC[C@@H]2C)c1. The van der Waals surface area contributed by atoms with Crippen LogP contribution in [0.2, 0.25) is 0 Å². The highest BCUT2D eigenvalue weighted by Crippen LogP contribution is 2.46. The molecule has 0 saturated heterocycles. The molecule has 0 amide bonds. The molecule has 0 aliphatic heterocycles. The summed E-state index contributed by atoms with van der Waals surface area (Å²) < 4.78 is 26.5. The second kappa shape index (κ2) is 11.0. The van der Waals surface area contributed by atoms with Gasteiger partial charge >= 0.3 is 5.97 Å². The molecule has 0 spiro atoms. The molecule has 3 aromatic rings. The number of hydrogen-bond donors (Lipinski definition) is 1. The van der Waals surface area contributed by atoms with Gasteiger partial charge in [-0.05, 0) is 95.5 Å². The zero-order chi connectivity index (χ0) is 25.9. The van der Waals surface area contributed by atoms with Gasteiger partial charge in [-0.1, -0.05) is 50.1 Å². The van der Waals surface area contributed by atoms with Crippen molar-refractivity contribution >= 4 is 5.97 Å². The molecule has 194 valence electrons. The zero-order valence-electron chi connectivity index (χ0n) is 21.6. The van der Waals surface area contributed by atoms with Crippen LogP contribution in [0.4, 0.5) is 4.39 Å². The highest BCUT2D eigenvalue weighted by atomic mass is 19.1. The molecule has 3 atom stereocenters. The number of methoxy groups -OCH3 is 1. The van der Waals surface area contributed by atoms with Crippen molar-refractivity contribution in [3.63, 3.8) is 0 Å². The van der Waals surface area contributed by atoms with Crippen LogP contribution in [-0.2, 0) is 11.4 Å². The van der Waals surface area contributed by atoms with Crippen molar-refractivity contribution in [1.29, 1.82) is 0 Å². The zero-order valence-corrected chi connectivity index (χ0v) is 21.6. The summed E-state index contributed by atoms with van der Waals surface area (Å²) in [5, 5.41) is 9.37. The number of rotatable bonds is 10. The highest BCUT2D eigenvalue weighted by Gasteiger charge is 2.34. The first-order valence-electron chi connectivity index (χ1n) is 13.3. The molecule has 2 aliphatic rings. The van der Waals surface area contributed by atoms with E-state index in [0.29, 0.717) is 35.7 Å². The molecule has 0 bridgehead atoms. The number of carbonyl (C=O) groups is 1. The fourth-order valence-electron chi connectivity index (χ4n) is 5.94. The summed E-state index contributed by atoms with van der Waals surface area (Å²) in [7, 11) is 1.60. The largest absolute Gasteiger partial charge is 0.497 e. The molecule has 37 heavy (non-hydrogen) atoms. The Hall–Kier alpha value is -3.34. The predicted molar refractivity (Wildman–Crippen MR) is 143 cm³/mol. The summed E-state index contributed by atoms with van der Waals surface area (Å²) in [4.78, 5) is 11.4. The summed E-state index contributed by atoms with van der Waals surface area (Å²) in [6.07, 6.45) is 5.78. The lowest BCUT2D eigenvalue weighted by Gasteiger charge is -2.22. The molecular weight excluding hydrogens is 467 g/mol. The molecule has 5 heteroatoms. The first-order chi connectivity index (χ1) is 17.9. The average Bonchev–Trinajstić information content (AvgIpc) is 3.66. The minimum Gasteiger partial charge on any atom is -0.497 e. The van der Waals surface area contributed by atoms with Gasteiger partial charge in [-0.2, -0.15) is 0 Å². The van der Waals surface area contributed by atoms with Crippen LogP contribution in [-0.4, -0.2) is 18.2 Å². The lowest BCUT2D eigenvalue weighted by atomic mass is 9.84. The maximum atomic E-state index is 15.0. The number of benzene rings is 3.